The van der Waals surface area contributed by atoms with Crippen molar-refractivity contribution in [2.24, 2.45) is 0 Å². The molecule has 1 amide bonds. The van der Waals surface area contributed by atoms with Crippen LogP contribution in [0.5, 0.6) is 0 Å². The molecule has 1 unspecified atom stereocenters. The van der Waals surface area contributed by atoms with Crippen LogP contribution in [0.2, 0.25) is 0 Å². The van der Waals surface area contributed by atoms with E-state index in [9.17, 15) is 17.6 Å². The molecule has 30 heavy (non-hydrogen) atoms. The van der Waals surface area contributed by atoms with E-state index in [1.807, 2.05) is 25.1 Å². The van der Waals surface area contributed by atoms with Crippen LogP contribution < -0.4 is 0 Å². The molecule has 4 rings (SSSR count). The Labute approximate surface area is 175 Å². The highest BCUT2D eigenvalue weighted by Crippen LogP contribution is 2.30. The highest BCUT2D eigenvalue weighted by atomic mass is 32.2. The lowest BCUT2D eigenvalue weighted by atomic mass is 10.1. The Morgan fingerprint density at radius 1 is 1.23 bits per heavy atom. The third-order valence-corrected chi connectivity index (χ3v) is 7.56. The maximum absolute atomic E-state index is 14.3. The fraction of sp³-hybridized carbons (Fsp3) is 0.348. The van der Waals surface area contributed by atoms with Crippen LogP contribution in [-0.2, 0) is 22.8 Å². The molecular weight excluding hydrogens is 405 g/mol. The van der Waals surface area contributed by atoms with Crippen LogP contribution in [0.25, 0.3) is 11.0 Å². The Kier molecular flexibility index (Phi) is 5.40. The second-order valence-electron chi connectivity index (χ2n) is 7.82. The quantitative estimate of drug-likeness (QED) is 0.607. The van der Waals surface area contributed by atoms with Crippen molar-refractivity contribution >= 4 is 26.7 Å². The van der Waals surface area contributed by atoms with E-state index in [-0.39, 0.29) is 23.8 Å². The molecular formula is C23H24FNO4S. The van der Waals surface area contributed by atoms with Gasteiger partial charge < -0.3 is 9.32 Å². The van der Waals surface area contributed by atoms with Gasteiger partial charge in [-0.15, -0.1) is 0 Å². The van der Waals surface area contributed by atoms with Gasteiger partial charge in [0.2, 0.25) is 0 Å². The first-order valence-corrected chi connectivity index (χ1v) is 11.9. The molecule has 0 spiro atoms. The first-order valence-electron chi connectivity index (χ1n) is 10.1. The maximum Gasteiger partial charge on any atom is 0.290 e. The average molecular weight is 430 g/mol. The van der Waals surface area contributed by atoms with E-state index in [4.69, 9.17) is 4.42 Å². The predicted molar refractivity (Wildman–Crippen MR) is 114 cm³/mol. The van der Waals surface area contributed by atoms with E-state index < -0.39 is 27.6 Å². The average Bonchev–Trinajstić information content (AvgIpc) is 3.25. The Bertz CT molecular complexity index is 1220. The molecule has 0 N–H and O–H groups in total. The van der Waals surface area contributed by atoms with Gasteiger partial charge in [0.15, 0.2) is 15.6 Å². The lowest BCUT2D eigenvalue weighted by molar-refractivity contribution is 0.0647. The Hall–Kier alpha value is -2.67. The molecule has 1 aromatic heterocycles. The molecule has 0 saturated carbocycles. The zero-order valence-electron chi connectivity index (χ0n) is 17.0. The minimum Gasteiger partial charge on any atom is -0.451 e. The molecule has 158 valence electrons. The van der Waals surface area contributed by atoms with E-state index in [1.165, 1.54) is 11.0 Å². The third kappa shape index (κ3) is 3.86. The maximum atomic E-state index is 14.3. The van der Waals surface area contributed by atoms with Crippen LogP contribution in [0, 0.1) is 12.7 Å². The summed E-state index contributed by atoms with van der Waals surface area (Å²) >= 11 is 0. The largest absolute Gasteiger partial charge is 0.451 e. The van der Waals surface area contributed by atoms with E-state index in [2.05, 4.69) is 6.92 Å². The molecule has 0 radical (unpaired) electrons. The van der Waals surface area contributed by atoms with Crippen LogP contribution in [0.15, 0.2) is 46.9 Å². The zero-order valence-corrected chi connectivity index (χ0v) is 17.8. The zero-order chi connectivity index (χ0) is 21.5. The minimum atomic E-state index is -3.22. The number of furan rings is 1. The fourth-order valence-electron chi connectivity index (χ4n) is 4.02. The van der Waals surface area contributed by atoms with Crippen molar-refractivity contribution < 1.29 is 22.0 Å². The lowest BCUT2D eigenvalue weighted by Crippen LogP contribution is -2.41. The summed E-state index contributed by atoms with van der Waals surface area (Å²) in [6.07, 6.45) is 1.20. The predicted octanol–water partition coefficient (Wildman–Crippen LogP) is 4.27. The second-order valence-corrected chi connectivity index (χ2v) is 10.1. The molecule has 1 atom stereocenters. The Morgan fingerprint density at radius 2 is 2.00 bits per heavy atom. The van der Waals surface area contributed by atoms with Crippen LogP contribution in [-0.4, -0.2) is 36.8 Å². The lowest BCUT2D eigenvalue weighted by Gasteiger charge is -2.28. The number of amides is 1. The number of nitrogens with zero attached hydrogens (tertiary/aromatic N) is 1. The molecule has 1 aliphatic heterocycles. The summed E-state index contributed by atoms with van der Waals surface area (Å²) < 4.78 is 44.3. The van der Waals surface area contributed by atoms with E-state index in [1.54, 1.807) is 18.2 Å². The van der Waals surface area contributed by atoms with Gasteiger partial charge in [0.1, 0.15) is 11.4 Å². The molecule has 0 bridgehead atoms. The molecule has 2 aromatic carbocycles. The molecule has 0 aliphatic carbocycles. The van der Waals surface area contributed by atoms with Gasteiger partial charge >= 0.3 is 0 Å². The SMILES string of the molecule is CCc1ccc2oc(C(=O)N(Cc3ccccc3F)C3CCS(=O)(=O)C3)c(C)c2c1. The van der Waals surface area contributed by atoms with Crippen LogP contribution in [0.1, 0.15) is 40.6 Å². The first-order chi connectivity index (χ1) is 14.3. The first kappa shape index (κ1) is 20.6. The van der Waals surface area contributed by atoms with E-state index in [0.29, 0.717) is 23.1 Å². The fourth-order valence-corrected chi connectivity index (χ4v) is 5.75. The van der Waals surface area contributed by atoms with E-state index in [0.717, 1.165) is 17.4 Å². The second kappa shape index (κ2) is 7.87. The Balaban J connectivity index is 1.75. The van der Waals surface area contributed by atoms with Gasteiger partial charge in [-0.25, -0.2) is 12.8 Å². The van der Waals surface area contributed by atoms with Gasteiger partial charge in [-0.05, 0) is 43.5 Å². The van der Waals surface area contributed by atoms with Gasteiger partial charge in [0.05, 0.1) is 11.5 Å². The number of hydrogen-bond donors (Lipinski definition) is 0. The number of halogens is 1. The van der Waals surface area contributed by atoms with Crippen molar-refractivity contribution in [2.75, 3.05) is 11.5 Å². The number of carbonyl (C=O) groups is 1. The molecule has 1 saturated heterocycles. The summed E-state index contributed by atoms with van der Waals surface area (Å²) in [4.78, 5) is 15.0. The van der Waals surface area contributed by atoms with Gasteiger partial charge in [-0.3, -0.25) is 4.79 Å². The Morgan fingerprint density at radius 3 is 2.67 bits per heavy atom. The van der Waals surface area contributed by atoms with Crippen LogP contribution in [0.4, 0.5) is 4.39 Å². The normalized spacial score (nSPS) is 18.0. The van der Waals surface area contributed by atoms with Crippen molar-refractivity contribution in [3.8, 4) is 0 Å². The van der Waals surface area contributed by atoms with Crippen molar-refractivity contribution in [3.05, 3.63) is 70.7 Å². The summed E-state index contributed by atoms with van der Waals surface area (Å²) in [5.41, 5.74) is 2.80. The standard InChI is InChI=1S/C23H24FNO4S/c1-3-16-8-9-21-19(12-16)15(2)22(29-21)23(26)25(18-10-11-30(27,28)14-18)13-17-6-4-5-7-20(17)24/h4-9,12,18H,3,10-11,13-14H2,1-2H3. The monoisotopic (exact) mass is 429 g/mol. The topological polar surface area (TPSA) is 67.6 Å². The number of fused-ring (bicyclic) bond motifs is 1. The highest BCUT2D eigenvalue weighted by Gasteiger charge is 2.37. The van der Waals surface area contributed by atoms with Crippen LogP contribution >= 0.6 is 0 Å². The summed E-state index contributed by atoms with van der Waals surface area (Å²) in [5.74, 6) is -0.750. The smallest absolute Gasteiger partial charge is 0.290 e. The summed E-state index contributed by atoms with van der Waals surface area (Å²) in [5, 5.41) is 0.864. The summed E-state index contributed by atoms with van der Waals surface area (Å²) in [6, 6.07) is 11.5. The van der Waals surface area contributed by atoms with Gasteiger partial charge in [-0.1, -0.05) is 31.2 Å². The van der Waals surface area contributed by atoms with Gasteiger partial charge in [0, 0.05) is 29.1 Å². The molecule has 7 heteroatoms. The van der Waals surface area contributed by atoms with Crippen molar-refractivity contribution in [1.29, 1.82) is 0 Å². The summed E-state index contributed by atoms with van der Waals surface area (Å²) in [6.45, 7) is 3.87. The number of carbonyl (C=O) groups excluding carboxylic acids is 1. The van der Waals surface area contributed by atoms with Crippen molar-refractivity contribution in [1.82, 2.24) is 4.90 Å². The van der Waals surface area contributed by atoms with Crippen molar-refractivity contribution in [2.45, 2.75) is 39.3 Å². The number of hydrogen-bond acceptors (Lipinski definition) is 4. The number of benzene rings is 2. The number of aryl methyl sites for hydroxylation is 2. The third-order valence-electron chi connectivity index (χ3n) is 5.81. The van der Waals surface area contributed by atoms with Crippen LogP contribution in [0.3, 0.4) is 0 Å². The molecule has 1 aliphatic rings. The summed E-state index contributed by atoms with van der Waals surface area (Å²) in [7, 11) is -3.22. The van der Waals surface area contributed by atoms with Gasteiger partial charge in [-0.2, -0.15) is 0 Å². The van der Waals surface area contributed by atoms with Gasteiger partial charge in [0.25, 0.3) is 5.91 Å². The number of rotatable bonds is 5. The minimum absolute atomic E-state index is 0.0115. The highest BCUT2D eigenvalue weighted by molar-refractivity contribution is 7.91. The van der Waals surface area contributed by atoms with Crippen molar-refractivity contribution in [3.63, 3.8) is 0 Å². The number of sulfone groups is 1. The molecule has 3 aromatic rings. The molecule has 1 fully saturated rings. The molecule has 5 nitrogen and oxygen atoms in total. The molecule has 2 heterocycles. The van der Waals surface area contributed by atoms with E-state index >= 15 is 0 Å².